The summed E-state index contributed by atoms with van der Waals surface area (Å²) in [5.41, 5.74) is 7.18. The van der Waals surface area contributed by atoms with Crippen molar-refractivity contribution in [3.8, 4) is 0 Å². The van der Waals surface area contributed by atoms with E-state index in [1.165, 1.54) is 37.7 Å². The van der Waals surface area contributed by atoms with E-state index in [-0.39, 0.29) is 0 Å². The summed E-state index contributed by atoms with van der Waals surface area (Å²) in [5, 5.41) is 0. The summed E-state index contributed by atoms with van der Waals surface area (Å²) in [7, 11) is 0. The molecule has 1 aliphatic rings. The summed E-state index contributed by atoms with van der Waals surface area (Å²) in [6.07, 6.45) is 8.03. The molecule has 0 aliphatic heterocycles. The number of hydrogen-bond acceptors (Lipinski definition) is 2. The van der Waals surface area contributed by atoms with Crippen LogP contribution in [0.1, 0.15) is 51.0 Å². The number of hydrogen-bond donors (Lipinski definition) is 1. The minimum Gasteiger partial charge on any atom is -0.330 e. The van der Waals surface area contributed by atoms with Crippen LogP contribution < -0.4 is 5.73 Å². The van der Waals surface area contributed by atoms with Gasteiger partial charge in [-0.05, 0) is 43.8 Å². The standard InChI is InChI=1S/C18H30N2/c1-2-17-11-6-7-12-18(17)20(14-8-13-19)15-16-9-4-3-5-10-16/h3-5,9-10,17-18H,2,6-8,11-15,19H2,1H3. The molecule has 0 aromatic heterocycles. The lowest BCUT2D eigenvalue weighted by Gasteiger charge is -2.40. The zero-order valence-electron chi connectivity index (χ0n) is 12.9. The Bertz CT molecular complexity index is 363. The predicted molar refractivity (Wildman–Crippen MR) is 86.6 cm³/mol. The maximum atomic E-state index is 5.74. The van der Waals surface area contributed by atoms with E-state index < -0.39 is 0 Å². The first-order valence-electron chi connectivity index (χ1n) is 8.33. The van der Waals surface area contributed by atoms with Crippen molar-refractivity contribution in [3.05, 3.63) is 35.9 Å². The molecule has 1 aromatic carbocycles. The maximum absolute atomic E-state index is 5.74. The van der Waals surface area contributed by atoms with Crippen LogP contribution in [-0.4, -0.2) is 24.0 Å². The highest BCUT2D eigenvalue weighted by molar-refractivity contribution is 5.14. The van der Waals surface area contributed by atoms with Gasteiger partial charge in [0.25, 0.3) is 0 Å². The largest absolute Gasteiger partial charge is 0.330 e. The third-order valence-corrected chi connectivity index (χ3v) is 4.74. The Labute approximate surface area is 124 Å². The monoisotopic (exact) mass is 274 g/mol. The predicted octanol–water partition coefficient (Wildman–Crippen LogP) is 3.81. The highest BCUT2D eigenvalue weighted by Crippen LogP contribution is 2.31. The Morgan fingerprint density at radius 1 is 1.15 bits per heavy atom. The second kappa shape index (κ2) is 8.43. The van der Waals surface area contributed by atoms with Crippen LogP contribution in [0.5, 0.6) is 0 Å². The van der Waals surface area contributed by atoms with Crippen molar-refractivity contribution in [1.82, 2.24) is 4.90 Å². The third-order valence-electron chi connectivity index (χ3n) is 4.74. The van der Waals surface area contributed by atoms with Crippen molar-refractivity contribution < 1.29 is 0 Å². The molecule has 1 saturated carbocycles. The van der Waals surface area contributed by atoms with Crippen LogP contribution in [0.25, 0.3) is 0 Å². The summed E-state index contributed by atoms with van der Waals surface area (Å²) in [6, 6.07) is 11.7. The molecule has 1 aliphatic carbocycles. The summed E-state index contributed by atoms with van der Waals surface area (Å²) < 4.78 is 0. The van der Waals surface area contributed by atoms with Gasteiger partial charge >= 0.3 is 0 Å². The van der Waals surface area contributed by atoms with E-state index >= 15 is 0 Å². The lowest BCUT2D eigenvalue weighted by atomic mass is 9.81. The number of benzene rings is 1. The van der Waals surface area contributed by atoms with Gasteiger partial charge in [-0.1, -0.05) is 56.5 Å². The van der Waals surface area contributed by atoms with Crippen molar-refractivity contribution in [2.45, 2.75) is 58.0 Å². The fourth-order valence-corrected chi connectivity index (χ4v) is 3.62. The topological polar surface area (TPSA) is 29.3 Å². The van der Waals surface area contributed by atoms with E-state index in [9.17, 15) is 0 Å². The van der Waals surface area contributed by atoms with Gasteiger partial charge in [0.05, 0.1) is 0 Å². The molecule has 2 atom stereocenters. The second-order valence-corrected chi connectivity index (χ2v) is 6.12. The van der Waals surface area contributed by atoms with Gasteiger partial charge in [-0.25, -0.2) is 0 Å². The highest BCUT2D eigenvalue weighted by Gasteiger charge is 2.28. The molecule has 20 heavy (non-hydrogen) atoms. The Hall–Kier alpha value is -0.860. The van der Waals surface area contributed by atoms with Crippen LogP contribution in [0, 0.1) is 5.92 Å². The van der Waals surface area contributed by atoms with Gasteiger partial charge in [0.15, 0.2) is 0 Å². The van der Waals surface area contributed by atoms with Gasteiger partial charge in [-0.15, -0.1) is 0 Å². The quantitative estimate of drug-likeness (QED) is 0.819. The molecule has 0 amide bonds. The van der Waals surface area contributed by atoms with Crippen molar-refractivity contribution in [2.24, 2.45) is 11.7 Å². The smallest absolute Gasteiger partial charge is 0.0236 e. The summed E-state index contributed by atoms with van der Waals surface area (Å²) in [5.74, 6) is 0.880. The zero-order valence-corrected chi connectivity index (χ0v) is 12.9. The minimum absolute atomic E-state index is 0.764. The summed E-state index contributed by atoms with van der Waals surface area (Å²) in [4.78, 5) is 2.70. The molecule has 2 nitrogen and oxygen atoms in total. The first-order valence-corrected chi connectivity index (χ1v) is 8.33. The maximum Gasteiger partial charge on any atom is 0.0236 e. The second-order valence-electron chi connectivity index (χ2n) is 6.12. The Kier molecular flexibility index (Phi) is 6.55. The van der Waals surface area contributed by atoms with E-state index in [1.54, 1.807) is 0 Å². The summed E-state index contributed by atoms with van der Waals surface area (Å²) >= 11 is 0. The lowest BCUT2D eigenvalue weighted by Crippen LogP contribution is -2.42. The molecule has 1 fully saturated rings. The van der Waals surface area contributed by atoms with Crippen molar-refractivity contribution >= 4 is 0 Å². The normalized spacial score (nSPS) is 23.1. The molecule has 0 spiro atoms. The average molecular weight is 274 g/mol. The fraction of sp³-hybridized carbons (Fsp3) is 0.667. The van der Waals surface area contributed by atoms with Crippen LogP contribution in [0.3, 0.4) is 0 Å². The van der Waals surface area contributed by atoms with Crippen LogP contribution in [0.4, 0.5) is 0 Å². The number of nitrogens with zero attached hydrogens (tertiary/aromatic N) is 1. The molecular weight excluding hydrogens is 244 g/mol. The Balaban J connectivity index is 2.05. The SMILES string of the molecule is CCC1CCCCC1N(CCCN)Cc1ccccc1. The molecule has 2 unspecified atom stereocenters. The van der Waals surface area contributed by atoms with E-state index in [1.807, 2.05) is 0 Å². The van der Waals surface area contributed by atoms with E-state index in [0.29, 0.717) is 0 Å². The third kappa shape index (κ3) is 4.32. The van der Waals surface area contributed by atoms with Crippen LogP contribution >= 0.6 is 0 Å². The molecule has 0 saturated heterocycles. The molecular formula is C18H30N2. The average Bonchev–Trinajstić information content (AvgIpc) is 2.52. The summed E-state index contributed by atoms with van der Waals surface area (Å²) in [6.45, 7) is 5.38. The van der Waals surface area contributed by atoms with E-state index in [0.717, 1.165) is 38.0 Å². The van der Waals surface area contributed by atoms with Crippen molar-refractivity contribution in [2.75, 3.05) is 13.1 Å². The van der Waals surface area contributed by atoms with E-state index in [2.05, 4.69) is 42.2 Å². The molecule has 2 heteroatoms. The molecule has 112 valence electrons. The first-order chi connectivity index (χ1) is 9.85. The zero-order chi connectivity index (χ0) is 14.2. The number of nitrogens with two attached hydrogens (primary N) is 1. The van der Waals surface area contributed by atoms with Gasteiger partial charge in [-0.3, -0.25) is 4.90 Å². The van der Waals surface area contributed by atoms with Gasteiger partial charge < -0.3 is 5.73 Å². The highest BCUT2D eigenvalue weighted by atomic mass is 15.2. The van der Waals surface area contributed by atoms with Crippen molar-refractivity contribution in [3.63, 3.8) is 0 Å². The van der Waals surface area contributed by atoms with Crippen molar-refractivity contribution in [1.29, 1.82) is 0 Å². The Morgan fingerprint density at radius 2 is 1.90 bits per heavy atom. The minimum atomic E-state index is 0.764. The number of rotatable bonds is 7. The van der Waals surface area contributed by atoms with Gasteiger partial charge in [0, 0.05) is 12.6 Å². The lowest BCUT2D eigenvalue weighted by molar-refractivity contribution is 0.0932. The van der Waals surface area contributed by atoms with Crippen LogP contribution in [0.2, 0.25) is 0 Å². The van der Waals surface area contributed by atoms with Gasteiger partial charge in [0.2, 0.25) is 0 Å². The molecule has 2 N–H and O–H groups in total. The van der Waals surface area contributed by atoms with Gasteiger partial charge in [0.1, 0.15) is 0 Å². The van der Waals surface area contributed by atoms with Gasteiger partial charge in [-0.2, -0.15) is 0 Å². The van der Waals surface area contributed by atoms with Crippen LogP contribution in [0.15, 0.2) is 30.3 Å². The molecule has 1 aromatic rings. The van der Waals surface area contributed by atoms with Crippen LogP contribution in [-0.2, 0) is 6.54 Å². The van der Waals surface area contributed by atoms with E-state index in [4.69, 9.17) is 5.73 Å². The molecule has 2 rings (SSSR count). The first kappa shape index (κ1) is 15.5. The molecule has 0 bridgehead atoms. The Morgan fingerprint density at radius 3 is 2.60 bits per heavy atom. The fourth-order valence-electron chi connectivity index (χ4n) is 3.62. The molecule has 0 radical (unpaired) electrons. The molecule has 0 heterocycles.